The summed E-state index contributed by atoms with van der Waals surface area (Å²) >= 11 is 0. The number of carboxylic acids is 1. The fourth-order valence-corrected chi connectivity index (χ4v) is 2.90. The first-order chi connectivity index (χ1) is 11.8. The van der Waals surface area contributed by atoms with E-state index in [1.54, 1.807) is 24.3 Å². The molecule has 3 aromatic rings. The third-order valence-corrected chi connectivity index (χ3v) is 4.29. The van der Waals surface area contributed by atoms with Crippen molar-refractivity contribution in [1.29, 1.82) is 5.26 Å². The van der Waals surface area contributed by atoms with Gasteiger partial charge >= 0.3 is 5.97 Å². The molecule has 126 valence electrons. The van der Waals surface area contributed by atoms with Gasteiger partial charge in [-0.3, -0.25) is 4.79 Å². The quantitative estimate of drug-likeness (QED) is 0.744. The second-order valence-electron chi connectivity index (χ2n) is 6.30. The Kier molecular flexibility index (Phi) is 3.80. The van der Waals surface area contributed by atoms with Gasteiger partial charge in [-0.25, -0.2) is 8.78 Å². The number of benzene rings is 2. The van der Waals surface area contributed by atoms with Gasteiger partial charge in [-0.2, -0.15) is 5.26 Å². The third-order valence-electron chi connectivity index (χ3n) is 4.29. The number of nitrogens with one attached hydrogen (secondary N) is 1. The van der Waals surface area contributed by atoms with Crippen LogP contribution in [0.5, 0.6) is 0 Å². The number of H-pyrrole nitrogens is 1. The summed E-state index contributed by atoms with van der Waals surface area (Å²) in [5, 5.41) is 18.7. The van der Waals surface area contributed by atoms with Crippen molar-refractivity contribution in [2.45, 2.75) is 19.3 Å². The summed E-state index contributed by atoms with van der Waals surface area (Å²) in [6.07, 6.45) is 0. The van der Waals surface area contributed by atoms with Crippen LogP contribution in [0.2, 0.25) is 0 Å². The first-order valence-corrected chi connectivity index (χ1v) is 7.51. The molecule has 0 fully saturated rings. The zero-order chi connectivity index (χ0) is 18.4. The maximum absolute atomic E-state index is 14.2. The average Bonchev–Trinajstić information content (AvgIpc) is 2.95. The van der Waals surface area contributed by atoms with Crippen molar-refractivity contribution < 1.29 is 18.7 Å². The van der Waals surface area contributed by atoms with Crippen molar-refractivity contribution in [3.8, 4) is 17.3 Å². The fourth-order valence-electron chi connectivity index (χ4n) is 2.90. The SMILES string of the molecule is CC(C)(C(=O)O)c1c(-c2ccc(C#N)cc2)[nH]c2c(F)cc(F)cc12. The molecule has 0 aliphatic carbocycles. The number of nitrogens with zero attached hydrogens (tertiary/aromatic N) is 1. The highest BCUT2D eigenvalue weighted by molar-refractivity contribution is 5.98. The summed E-state index contributed by atoms with van der Waals surface area (Å²) in [5.74, 6) is -2.69. The number of aliphatic carboxylic acids is 1. The average molecular weight is 340 g/mol. The Labute approximate surface area is 142 Å². The third kappa shape index (κ3) is 2.64. The van der Waals surface area contributed by atoms with Gasteiger partial charge in [0.05, 0.1) is 28.3 Å². The molecule has 0 unspecified atom stereocenters. The summed E-state index contributed by atoms with van der Waals surface area (Å²) < 4.78 is 27.9. The smallest absolute Gasteiger partial charge is 0.313 e. The molecule has 0 radical (unpaired) electrons. The lowest BCUT2D eigenvalue weighted by atomic mass is 9.81. The van der Waals surface area contributed by atoms with E-state index in [4.69, 9.17) is 5.26 Å². The molecule has 0 aliphatic rings. The van der Waals surface area contributed by atoms with Gasteiger partial charge in [0.25, 0.3) is 0 Å². The van der Waals surface area contributed by atoms with E-state index in [1.165, 1.54) is 13.8 Å². The zero-order valence-corrected chi connectivity index (χ0v) is 13.5. The normalized spacial score (nSPS) is 11.5. The molecule has 0 amide bonds. The van der Waals surface area contributed by atoms with Gasteiger partial charge in [0, 0.05) is 17.0 Å². The van der Waals surface area contributed by atoms with Crippen molar-refractivity contribution in [2.24, 2.45) is 0 Å². The number of aromatic amines is 1. The molecule has 0 bridgehead atoms. The summed E-state index contributed by atoms with van der Waals surface area (Å²) in [7, 11) is 0. The number of carbonyl (C=O) groups is 1. The van der Waals surface area contributed by atoms with E-state index in [0.717, 1.165) is 12.1 Å². The lowest BCUT2D eigenvalue weighted by Crippen LogP contribution is -2.29. The Morgan fingerprint density at radius 3 is 2.40 bits per heavy atom. The van der Waals surface area contributed by atoms with Crippen molar-refractivity contribution >= 4 is 16.9 Å². The van der Waals surface area contributed by atoms with Gasteiger partial charge in [-0.1, -0.05) is 12.1 Å². The lowest BCUT2D eigenvalue weighted by Gasteiger charge is -2.21. The molecule has 0 aliphatic heterocycles. The number of rotatable bonds is 3. The largest absolute Gasteiger partial charge is 0.481 e. The van der Waals surface area contributed by atoms with Gasteiger partial charge in [-0.15, -0.1) is 0 Å². The Bertz CT molecular complexity index is 1030. The van der Waals surface area contributed by atoms with E-state index in [9.17, 15) is 18.7 Å². The lowest BCUT2D eigenvalue weighted by molar-refractivity contribution is -0.142. The summed E-state index contributed by atoms with van der Waals surface area (Å²) in [5.41, 5.74) is 0.358. The molecule has 0 saturated carbocycles. The molecule has 25 heavy (non-hydrogen) atoms. The number of fused-ring (bicyclic) bond motifs is 1. The minimum Gasteiger partial charge on any atom is -0.481 e. The van der Waals surface area contributed by atoms with Crippen LogP contribution in [0.15, 0.2) is 36.4 Å². The summed E-state index contributed by atoms with van der Waals surface area (Å²) in [6, 6.07) is 10.3. The van der Waals surface area contributed by atoms with Crippen molar-refractivity contribution in [2.75, 3.05) is 0 Å². The molecule has 1 aromatic heterocycles. The highest BCUT2D eigenvalue weighted by atomic mass is 19.1. The highest BCUT2D eigenvalue weighted by Gasteiger charge is 2.36. The van der Waals surface area contributed by atoms with Crippen LogP contribution in [0.1, 0.15) is 25.0 Å². The topological polar surface area (TPSA) is 76.9 Å². The predicted molar refractivity (Wildman–Crippen MR) is 89.0 cm³/mol. The van der Waals surface area contributed by atoms with Crippen LogP contribution >= 0.6 is 0 Å². The molecular weight excluding hydrogens is 326 g/mol. The summed E-state index contributed by atoms with van der Waals surface area (Å²) in [6.45, 7) is 2.96. The molecule has 4 nitrogen and oxygen atoms in total. The maximum atomic E-state index is 14.2. The predicted octanol–water partition coefficient (Wildman–Crippen LogP) is 4.35. The Balaban J connectivity index is 2.39. The van der Waals surface area contributed by atoms with Crippen molar-refractivity contribution in [3.63, 3.8) is 0 Å². The van der Waals surface area contributed by atoms with E-state index >= 15 is 0 Å². The van der Waals surface area contributed by atoms with Crippen molar-refractivity contribution in [3.05, 3.63) is 59.2 Å². The zero-order valence-electron chi connectivity index (χ0n) is 13.5. The van der Waals surface area contributed by atoms with Gasteiger partial charge in [-0.05, 0) is 37.6 Å². The van der Waals surface area contributed by atoms with Gasteiger partial charge in [0.2, 0.25) is 0 Å². The number of carboxylic acid groups (broad SMARTS) is 1. The Morgan fingerprint density at radius 1 is 1.20 bits per heavy atom. The number of hydrogen-bond acceptors (Lipinski definition) is 2. The number of aromatic nitrogens is 1. The van der Waals surface area contributed by atoms with Crippen LogP contribution in [-0.4, -0.2) is 16.1 Å². The molecule has 1 heterocycles. The second-order valence-corrected chi connectivity index (χ2v) is 6.30. The second kappa shape index (κ2) is 5.71. The van der Waals surface area contributed by atoms with E-state index in [2.05, 4.69) is 4.98 Å². The standard InChI is InChI=1S/C19H14F2N2O2/c1-19(2,18(24)25)15-13-7-12(20)8-14(21)17(13)23-16(15)11-5-3-10(9-22)4-6-11/h3-8,23H,1-2H3,(H,24,25). The molecule has 2 aromatic carbocycles. The van der Waals surface area contributed by atoms with E-state index in [1.807, 2.05) is 6.07 Å². The minimum atomic E-state index is -1.39. The fraction of sp³-hybridized carbons (Fsp3) is 0.158. The van der Waals surface area contributed by atoms with Crippen LogP contribution < -0.4 is 0 Å². The minimum absolute atomic E-state index is 0.0464. The molecule has 6 heteroatoms. The Morgan fingerprint density at radius 2 is 1.84 bits per heavy atom. The first-order valence-electron chi connectivity index (χ1n) is 7.51. The number of halogens is 2. The van der Waals surface area contributed by atoms with Gasteiger partial charge in [0.1, 0.15) is 11.6 Å². The maximum Gasteiger partial charge on any atom is 0.313 e. The molecule has 0 saturated heterocycles. The highest BCUT2D eigenvalue weighted by Crippen LogP contribution is 2.40. The van der Waals surface area contributed by atoms with E-state index in [0.29, 0.717) is 16.8 Å². The van der Waals surface area contributed by atoms with Crippen molar-refractivity contribution in [1.82, 2.24) is 4.98 Å². The summed E-state index contributed by atoms with van der Waals surface area (Å²) in [4.78, 5) is 14.7. The number of hydrogen-bond donors (Lipinski definition) is 2. The monoisotopic (exact) mass is 340 g/mol. The van der Waals surface area contributed by atoms with Crippen LogP contribution in [0.4, 0.5) is 8.78 Å². The molecule has 2 N–H and O–H groups in total. The molecule has 3 rings (SSSR count). The van der Waals surface area contributed by atoms with E-state index in [-0.39, 0.29) is 16.5 Å². The van der Waals surface area contributed by atoms with E-state index < -0.39 is 23.0 Å². The van der Waals surface area contributed by atoms with Gasteiger partial charge in [0.15, 0.2) is 0 Å². The Hall–Kier alpha value is -3.20. The van der Waals surface area contributed by atoms with Crippen LogP contribution in [0.25, 0.3) is 22.2 Å². The first kappa shape index (κ1) is 16.7. The number of nitriles is 1. The van der Waals surface area contributed by atoms with Gasteiger partial charge < -0.3 is 10.1 Å². The molecular formula is C19H14F2N2O2. The van der Waals surface area contributed by atoms with Crippen LogP contribution in [0, 0.1) is 23.0 Å². The van der Waals surface area contributed by atoms with Crippen LogP contribution in [-0.2, 0) is 10.2 Å². The van der Waals surface area contributed by atoms with Crippen LogP contribution in [0.3, 0.4) is 0 Å². The molecule has 0 spiro atoms. The molecule has 0 atom stereocenters.